The van der Waals surface area contributed by atoms with Gasteiger partial charge in [-0.2, -0.15) is 0 Å². The molecule has 3 rings (SSSR count). The molecule has 3 aromatic rings. The van der Waals surface area contributed by atoms with E-state index in [1.54, 1.807) is 41.5 Å². The lowest BCUT2D eigenvalue weighted by Crippen LogP contribution is -2.34. The Kier molecular flexibility index (Phi) is 4.76. The SMILES string of the molecule is O=C(NCc1ccc(F)cc1)NCc1cn(-c2cccnc2)nn1. The quantitative estimate of drug-likeness (QED) is 0.749. The van der Waals surface area contributed by atoms with E-state index < -0.39 is 0 Å². The molecule has 122 valence electrons. The van der Waals surface area contributed by atoms with Crippen molar-refractivity contribution in [3.8, 4) is 5.69 Å². The molecular formula is C16H15FN6O. The first-order chi connectivity index (χ1) is 11.7. The fourth-order valence-corrected chi connectivity index (χ4v) is 2.01. The minimum atomic E-state index is -0.338. The monoisotopic (exact) mass is 326 g/mol. The van der Waals surface area contributed by atoms with Gasteiger partial charge < -0.3 is 10.6 Å². The third kappa shape index (κ3) is 4.13. The molecule has 7 nitrogen and oxygen atoms in total. The van der Waals surface area contributed by atoms with Crippen LogP contribution in [0, 0.1) is 5.82 Å². The van der Waals surface area contributed by atoms with Gasteiger partial charge in [-0.15, -0.1) is 5.10 Å². The van der Waals surface area contributed by atoms with Crippen LogP contribution in [0.5, 0.6) is 0 Å². The number of pyridine rings is 1. The number of hydrogen-bond acceptors (Lipinski definition) is 4. The minimum absolute atomic E-state index is 0.246. The Morgan fingerprint density at radius 3 is 2.67 bits per heavy atom. The second-order valence-electron chi connectivity index (χ2n) is 5.03. The summed E-state index contributed by atoms with van der Waals surface area (Å²) in [5.74, 6) is -0.306. The molecule has 8 heteroatoms. The highest BCUT2D eigenvalue weighted by Gasteiger charge is 2.05. The molecular weight excluding hydrogens is 311 g/mol. The van der Waals surface area contributed by atoms with Crippen LogP contribution in [-0.2, 0) is 13.1 Å². The van der Waals surface area contributed by atoms with Crippen LogP contribution >= 0.6 is 0 Å². The Balaban J connectivity index is 1.48. The van der Waals surface area contributed by atoms with E-state index in [1.807, 2.05) is 6.07 Å². The lowest BCUT2D eigenvalue weighted by Gasteiger charge is -2.06. The molecule has 0 saturated heterocycles. The Morgan fingerprint density at radius 1 is 1.12 bits per heavy atom. The van der Waals surface area contributed by atoms with Crippen molar-refractivity contribution in [3.05, 3.63) is 72.1 Å². The number of aromatic nitrogens is 4. The third-order valence-corrected chi connectivity index (χ3v) is 3.25. The average Bonchev–Trinajstić information content (AvgIpc) is 3.09. The Labute approximate surface area is 137 Å². The molecule has 24 heavy (non-hydrogen) atoms. The van der Waals surface area contributed by atoms with Gasteiger partial charge in [0.1, 0.15) is 11.5 Å². The zero-order chi connectivity index (χ0) is 16.8. The van der Waals surface area contributed by atoms with E-state index in [9.17, 15) is 9.18 Å². The molecule has 0 radical (unpaired) electrons. The van der Waals surface area contributed by atoms with Gasteiger partial charge in [-0.05, 0) is 29.8 Å². The number of amides is 2. The summed E-state index contributed by atoms with van der Waals surface area (Å²) in [6, 6.07) is 9.27. The van der Waals surface area contributed by atoms with Gasteiger partial charge in [0.2, 0.25) is 0 Å². The lowest BCUT2D eigenvalue weighted by atomic mass is 10.2. The maximum atomic E-state index is 12.8. The molecule has 0 aliphatic rings. The second kappa shape index (κ2) is 7.32. The zero-order valence-electron chi connectivity index (χ0n) is 12.7. The van der Waals surface area contributed by atoms with Crippen LogP contribution in [0.25, 0.3) is 5.69 Å². The summed E-state index contributed by atoms with van der Waals surface area (Å²) in [5, 5.41) is 13.4. The van der Waals surface area contributed by atoms with Crippen molar-refractivity contribution in [2.75, 3.05) is 0 Å². The number of halogens is 1. The van der Waals surface area contributed by atoms with Gasteiger partial charge in [0, 0.05) is 12.7 Å². The fourth-order valence-electron chi connectivity index (χ4n) is 2.01. The largest absolute Gasteiger partial charge is 0.334 e. The van der Waals surface area contributed by atoms with E-state index in [4.69, 9.17) is 0 Å². The minimum Gasteiger partial charge on any atom is -0.334 e. The highest BCUT2D eigenvalue weighted by molar-refractivity contribution is 5.73. The molecule has 0 fully saturated rings. The van der Waals surface area contributed by atoms with Crippen LogP contribution in [0.1, 0.15) is 11.3 Å². The van der Waals surface area contributed by atoms with Crippen LogP contribution in [0.15, 0.2) is 55.0 Å². The average molecular weight is 326 g/mol. The first-order valence-electron chi connectivity index (χ1n) is 7.28. The molecule has 0 unspecified atom stereocenters. The second-order valence-corrected chi connectivity index (χ2v) is 5.03. The van der Waals surface area contributed by atoms with E-state index in [0.717, 1.165) is 11.3 Å². The summed E-state index contributed by atoms with van der Waals surface area (Å²) in [5.41, 5.74) is 2.22. The molecule has 0 bridgehead atoms. The van der Waals surface area contributed by atoms with Crippen LogP contribution in [0.4, 0.5) is 9.18 Å². The Bertz CT molecular complexity index is 803. The molecule has 0 aliphatic carbocycles. The van der Waals surface area contributed by atoms with E-state index >= 15 is 0 Å². The number of urea groups is 1. The molecule has 1 aromatic carbocycles. The van der Waals surface area contributed by atoms with Gasteiger partial charge in [0.25, 0.3) is 0 Å². The normalized spacial score (nSPS) is 10.4. The van der Waals surface area contributed by atoms with E-state index in [2.05, 4.69) is 25.9 Å². The maximum absolute atomic E-state index is 12.8. The van der Waals surface area contributed by atoms with Gasteiger partial charge in [-0.25, -0.2) is 13.9 Å². The molecule has 0 saturated carbocycles. The smallest absolute Gasteiger partial charge is 0.315 e. The van der Waals surface area contributed by atoms with Gasteiger partial charge in [0.15, 0.2) is 0 Å². The molecule has 0 atom stereocenters. The molecule has 2 aromatic heterocycles. The lowest BCUT2D eigenvalue weighted by molar-refractivity contribution is 0.240. The summed E-state index contributed by atoms with van der Waals surface area (Å²) in [6.07, 6.45) is 5.06. The predicted molar refractivity (Wildman–Crippen MR) is 84.6 cm³/mol. The highest BCUT2D eigenvalue weighted by atomic mass is 19.1. The van der Waals surface area contributed by atoms with Crippen molar-refractivity contribution in [1.29, 1.82) is 0 Å². The van der Waals surface area contributed by atoms with Crippen molar-refractivity contribution in [1.82, 2.24) is 30.6 Å². The predicted octanol–water partition coefficient (Wildman–Crippen LogP) is 1.80. The van der Waals surface area contributed by atoms with E-state index in [0.29, 0.717) is 12.2 Å². The van der Waals surface area contributed by atoms with Gasteiger partial charge in [-0.1, -0.05) is 17.3 Å². The molecule has 0 aliphatic heterocycles. The first kappa shape index (κ1) is 15.6. The summed E-state index contributed by atoms with van der Waals surface area (Å²) in [7, 11) is 0. The maximum Gasteiger partial charge on any atom is 0.315 e. The third-order valence-electron chi connectivity index (χ3n) is 3.25. The number of nitrogens with zero attached hydrogens (tertiary/aromatic N) is 4. The van der Waals surface area contributed by atoms with Crippen LogP contribution < -0.4 is 10.6 Å². The van der Waals surface area contributed by atoms with Crippen molar-refractivity contribution in [3.63, 3.8) is 0 Å². The van der Waals surface area contributed by atoms with Gasteiger partial charge in [-0.3, -0.25) is 4.98 Å². The number of hydrogen-bond donors (Lipinski definition) is 2. The number of carbonyl (C=O) groups is 1. The van der Waals surface area contributed by atoms with Crippen molar-refractivity contribution in [2.24, 2.45) is 0 Å². The molecule has 2 N–H and O–H groups in total. The summed E-state index contributed by atoms with van der Waals surface area (Å²) in [4.78, 5) is 15.8. The molecule has 2 amide bonds. The van der Waals surface area contributed by atoms with Crippen molar-refractivity contribution < 1.29 is 9.18 Å². The van der Waals surface area contributed by atoms with Crippen LogP contribution in [-0.4, -0.2) is 26.0 Å². The van der Waals surface area contributed by atoms with Crippen molar-refractivity contribution in [2.45, 2.75) is 13.1 Å². The number of rotatable bonds is 5. The number of carbonyl (C=O) groups excluding carboxylic acids is 1. The van der Waals surface area contributed by atoms with Gasteiger partial charge >= 0.3 is 6.03 Å². The van der Waals surface area contributed by atoms with Crippen LogP contribution in [0.3, 0.4) is 0 Å². The highest BCUT2D eigenvalue weighted by Crippen LogP contribution is 2.04. The standard InChI is InChI=1S/C16H15FN6O/c17-13-5-3-12(4-6-13)8-19-16(24)20-9-14-11-23(22-21-14)15-2-1-7-18-10-15/h1-7,10-11H,8-9H2,(H2,19,20,24). The molecule has 2 heterocycles. The summed E-state index contributed by atoms with van der Waals surface area (Å²) < 4.78 is 14.4. The number of benzene rings is 1. The zero-order valence-corrected chi connectivity index (χ0v) is 12.7. The van der Waals surface area contributed by atoms with E-state index in [-0.39, 0.29) is 18.4 Å². The summed E-state index contributed by atoms with van der Waals surface area (Å²) >= 11 is 0. The fraction of sp³-hybridized carbons (Fsp3) is 0.125. The Hall–Kier alpha value is -3.29. The van der Waals surface area contributed by atoms with Crippen molar-refractivity contribution >= 4 is 6.03 Å². The molecule has 0 spiro atoms. The van der Waals surface area contributed by atoms with Gasteiger partial charge in [0.05, 0.1) is 24.6 Å². The first-order valence-corrected chi connectivity index (χ1v) is 7.28. The summed E-state index contributed by atoms with van der Waals surface area (Å²) in [6.45, 7) is 0.560. The topological polar surface area (TPSA) is 84.7 Å². The number of nitrogens with one attached hydrogen (secondary N) is 2. The van der Waals surface area contributed by atoms with E-state index in [1.165, 1.54) is 12.1 Å². The van der Waals surface area contributed by atoms with Crippen LogP contribution in [0.2, 0.25) is 0 Å². The Morgan fingerprint density at radius 2 is 1.92 bits per heavy atom.